The van der Waals surface area contributed by atoms with Gasteiger partial charge in [0.2, 0.25) is 0 Å². The van der Waals surface area contributed by atoms with E-state index < -0.39 is 11.9 Å². The summed E-state index contributed by atoms with van der Waals surface area (Å²) < 4.78 is 4.59. The highest BCUT2D eigenvalue weighted by Gasteiger charge is 2.11. The summed E-state index contributed by atoms with van der Waals surface area (Å²) >= 11 is 5.08. The first-order chi connectivity index (χ1) is 11.5. The van der Waals surface area contributed by atoms with Crippen molar-refractivity contribution in [3.63, 3.8) is 0 Å². The molecular formula is C17H13N3O3S. The average molecular weight is 339 g/mol. The third-order valence-electron chi connectivity index (χ3n) is 3.09. The maximum Gasteiger partial charge on any atom is 0.337 e. The number of nitrogens with one attached hydrogen (secondary N) is 2. The molecule has 24 heavy (non-hydrogen) atoms. The minimum Gasteiger partial charge on any atom is -0.465 e. The van der Waals surface area contributed by atoms with Crippen LogP contribution < -0.4 is 10.6 Å². The van der Waals surface area contributed by atoms with Gasteiger partial charge in [-0.3, -0.25) is 10.1 Å². The lowest BCUT2D eigenvalue weighted by Crippen LogP contribution is -2.34. The maximum atomic E-state index is 12.1. The molecule has 0 aliphatic rings. The molecule has 0 spiro atoms. The highest BCUT2D eigenvalue weighted by Crippen LogP contribution is 2.13. The van der Waals surface area contributed by atoms with Crippen molar-refractivity contribution in [1.29, 1.82) is 5.26 Å². The zero-order valence-corrected chi connectivity index (χ0v) is 13.5. The van der Waals surface area contributed by atoms with Crippen molar-refractivity contribution < 1.29 is 14.3 Å². The molecule has 0 radical (unpaired) electrons. The first-order valence-electron chi connectivity index (χ1n) is 6.85. The fraction of sp³-hybridized carbons (Fsp3) is 0.0588. The Bertz CT molecular complexity index is 826. The number of esters is 1. The van der Waals surface area contributed by atoms with Crippen LogP contribution in [0.5, 0.6) is 0 Å². The summed E-state index contributed by atoms with van der Waals surface area (Å²) in [5, 5.41) is 14.4. The molecule has 0 heterocycles. The topological polar surface area (TPSA) is 91.2 Å². The van der Waals surface area contributed by atoms with Crippen LogP contribution in [0, 0.1) is 11.3 Å². The molecule has 0 aliphatic carbocycles. The van der Waals surface area contributed by atoms with Gasteiger partial charge >= 0.3 is 5.97 Å². The number of carbonyl (C=O) groups excluding carboxylic acids is 2. The smallest absolute Gasteiger partial charge is 0.337 e. The summed E-state index contributed by atoms with van der Waals surface area (Å²) in [6, 6.07) is 14.8. The van der Waals surface area contributed by atoms with E-state index in [4.69, 9.17) is 17.5 Å². The molecule has 2 aromatic rings. The molecule has 0 unspecified atom stereocenters. The number of carbonyl (C=O) groups is 2. The number of para-hydroxylation sites is 1. The molecule has 0 saturated carbocycles. The molecule has 7 heteroatoms. The fourth-order valence-corrected chi connectivity index (χ4v) is 2.10. The quantitative estimate of drug-likeness (QED) is 0.659. The Balaban J connectivity index is 2.03. The third-order valence-corrected chi connectivity index (χ3v) is 3.30. The summed E-state index contributed by atoms with van der Waals surface area (Å²) in [6.45, 7) is 0. The van der Waals surface area contributed by atoms with E-state index in [1.807, 2.05) is 6.07 Å². The van der Waals surface area contributed by atoms with Crippen molar-refractivity contribution in [2.75, 3.05) is 12.4 Å². The lowest BCUT2D eigenvalue weighted by molar-refractivity contribution is 0.0600. The number of amides is 1. The molecule has 6 nitrogen and oxygen atoms in total. The van der Waals surface area contributed by atoms with Gasteiger partial charge in [0.25, 0.3) is 5.91 Å². The second-order valence-corrected chi connectivity index (χ2v) is 5.04. The second-order valence-electron chi connectivity index (χ2n) is 4.63. The van der Waals surface area contributed by atoms with Crippen LogP contribution in [0.1, 0.15) is 26.3 Å². The lowest BCUT2D eigenvalue weighted by Gasteiger charge is -2.10. The molecule has 0 aliphatic heterocycles. The minimum atomic E-state index is -0.479. The molecule has 1 amide bonds. The van der Waals surface area contributed by atoms with Gasteiger partial charge in [0.15, 0.2) is 5.11 Å². The van der Waals surface area contributed by atoms with Crippen molar-refractivity contribution in [2.24, 2.45) is 0 Å². The standard InChI is InChI=1S/C17H13N3O3S/c1-23-16(22)12-8-6-11(7-9-12)15(21)20-17(24)19-14-5-3-2-4-13(14)10-18/h2-9H,1H3,(H2,19,20,21,24). The number of hydrogen-bond acceptors (Lipinski definition) is 5. The Morgan fingerprint density at radius 1 is 1.08 bits per heavy atom. The number of rotatable bonds is 3. The number of nitriles is 1. The number of benzene rings is 2. The Morgan fingerprint density at radius 2 is 1.71 bits per heavy atom. The van der Waals surface area contributed by atoms with Crippen molar-refractivity contribution in [3.05, 3.63) is 65.2 Å². The van der Waals surface area contributed by atoms with Gasteiger partial charge in [0, 0.05) is 5.56 Å². The van der Waals surface area contributed by atoms with E-state index in [1.165, 1.54) is 31.4 Å². The molecule has 2 rings (SSSR count). The van der Waals surface area contributed by atoms with Gasteiger partial charge in [0.05, 0.1) is 23.9 Å². The minimum absolute atomic E-state index is 0.0692. The van der Waals surface area contributed by atoms with Crippen LogP contribution in [-0.2, 0) is 4.74 Å². The van der Waals surface area contributed by atoms with Gasteiger partial charge in [-0.2, -0.15) is 5.26 Å². The van der Waals surface area contributed by atoms with Crippen LogP contribution in [-0.4, -0.2) is 24.1 Å². The highest BCUT2D eigenvalue weighted by molar-refractivity contribution is 7.80. The van der Waals surface area contributed by atoms with E-state index in [0.717, 1.165) is 0 Å². The molecule has 2 aromatic carbocycles. The Hall–Kier alpha value is -3.24. The maximum absolute atomic E-state index is 12.1. The average Bonchev–Trinajstić information content (AvgIpc) is 2.61. The molecule has 0 fully saturated rings. The number of anilines is 1. The Morgan fingerprint density at radius 3 is 2.33 bits per heavy atom. The van der Waals surface area contributed by atoms with Gasteiger partial charge in [-0.25, -0.2) is 4.79 Å². The van der Waals surface area contributed by atoms with Crippen LogP contribution in [0.2, 0.25) is 0 Å². The van der Waals surface area contributed by atoms with Crippen molar-refractivity contribution in [2.45, 2.75) is 0 Å². The Labute approximate surface area is 144 Å². The van der Waals surface area contributed by atoms with Crippen molar-refractivity contribution in [1.82, 2.24) is 5.32 Å². The second kappa shape index (κ2) is 7.85. The summed E-state index contributed by atoms with van der Waals surface area (Å²) in [6.07, 6.45) is 0. The summed E-state index contributed by atoms with van der Waals surface area (Å²) in [5.74, 6) is -0.911. The van der Waals surface area contributed by atoms with Crippen molar-refractivity contribution in [3.8, 4) is 6.07 Å². The van der Waals surface area contributed by atoms with E-state index in [2.05, 4.69) is 15.4 Å². The molecular weight excluding hydrogens is 326 g/mol. The lowest BCUT2D eigenvalue weighted by atomic mass is 10.1. The number of ether oxygens (including phenoxy) is 1. The summed E-state index contributed by atoms with van der Waals surface area (Å²) in [7, 11) is 1.28. The summed E-state index contributed by atoms with van der Waals surface area (Å²) in [4.78, 5) is 23.5. The summed E-state index contributed by atoms with van der Waals surface area (Å²) in [5.41, 5.74) is 1.60. The number of hydrogen-bond donors (Lipinski definition) is 2. The number of thiocarbonyl (C=S) groups is 1. The first kappa shape index (κ1) is 17.1. The van der Waals surface area contributed by atoms with Crippen molar-refractivity contribution >= 4 is 34.9 Å². The van der Waals surface area contributed by atoms with Crippen LogP contribution in [0.3, 0.4) is 0 Å². The highest BCUT2D eigenvalue weighted by atomic mass is 32.1. The van der Waals surface area contributed by atoms with Gasteiger partial charge in [-0.05, 0) is 48.6 Å². The predicted molar refractivity (Wildman–Crippen MR) is 92.6 cm³/mol. The van der Waals surface area contributed by atoms with E-state index in [1.54, 1.807) is 24.3 Å². The molecule has 2 N–H and O–H groups in total. The van der Waals surface area contributed by atoms with Crippen LogP contribution in [0.4, 0.5) is 5.69 Å². The fourth-order valence-electron chi connectivity index (χ4n) is 1.89. The predicted octanol–water partition coefficient (Wildman–Crippen LogP) is 2.47. The molecule has 120 valence electrons. The molecule has 0 bridgehead atoms. The zero-order valence-electron chi connectivity index (χ0n) is 12.7. The molecule has 0 saturated heterocycles. The van der Waals surface area contributed by atoms with E-state index in [0.29, 0.717) is 22.4 Å². The van der Waals surface area contributed by atoms with Crippen LogP contribution >= 0.6 is 12.2 Å². The van der Waals surface area contributed by atoms with Gasteiger partial charge in [-0.1, -0.05) is 12.1 Å². The largest absolute Gasteiger partial charge is 0.465 e. The van der Waals surface area contributed by atoms with E-state index in [9.17, 15) is 9.59 Å². The zero-order chi connectivity index (χ0) is 17.5. The van der Waals surface area contributed by atoms with Crippen LogP contribution in [0.25, 0.3) is 0 Å². The SMILES string of the molecule is COC(=O)c1ccc(C(=O)NC(=S)Nc2ccccc2C#N)cc1. The van der Waals surface area contributed by atoms with Gasteiger partial charge in [0.1, 0.15) is 6.07 Å². The number of nitrogens with zero attached hydrogens (tertiary/aromatic N) is 1. The normalized spacial score (nSPS) is 9.50. The third kappa shape index (κ3) is 4.15. The first-order valence-corrected chi connectivity index (χ1v) is 7.26. The van der Waals surface area contributed by atoms with Gasteiger partial charge in [-0.15, -0.1) is 0 Å². The van der Waals surface area contributed by atoms with Gasteiger partial charge < -0.3 is 10.1 Å². The van der Waals surface area contributed by atoms with Crippen LogP contribution in [0.15, 0.2) is 48.5 Å². The molecule has 0 atom stereocenters. The van der Waals surface area contributed by atoms with E-state index >= 15 is 0 Å². The monoisotopic (exact) mass is 339 g/mol. The number of methoxy groups -OCH3 is 1. The Kier molecular flexibility index (Phi) is 5.60. The molecule has 0 aromatic heterocycles. The van der Waals surface area contributed by atoms with E-state index in [-0.39, 0.29) is 5.11 Å².